The van der Waals surface area contributed by atoms with E-state index < -0.39 is 6.61 Å². The van der Waals surface area contributed by atoms with Crippen molar-refractivity contribution in [1.82, 2.24) is 15.1 Å². The Bertz CT molecular complexity index is 819. The molecular formula is C14H12F2N4O2S. The summed E-state index contributed by atoms with van der Waals surface area (Å²) in [5.74, 6) is 0.597. The topological polar surface area (TPSA) is 87.1 Å². The zero-order valence-electron chi connectivity index (χ0n) is 12.0. The lowest BCUT2D eigenvalue weighted by atomic mass is 10.2. The van der Waals surface area contributed by atoms with Crippen LogP contribution in [0.4, 0.5) is 13.9 Å². The first-order valence-electron chi connectivity index (χ1n) is 6.71. The summed E-state index contributed by atoms with van der Waals surface area (Å²) < 4.78 is 34.2. The van der Waals surface area contributed by atoms with Crippen molar-refractivity contribution in [2.45, 2.75) is 20.0 Å². The first-order chi connectivity index (χ1) is 11.1. The largest absolute Gasteiger partial charge is 0.435 e. The predicted molar refractivity (Wildman–Crippen MR) is 81.3 cm³/mol. The molecule has 9 heteroatoms. The number of rotatable bonds is 5. The third kappa shape index (κ3) is 3.29. The Morgan fingerprint density at radius 1 is 1.35 bits per heavy atom. The second kappa shape index (κ2) is 6.29. The number of ether oxygens (including phenoxy) is 1. The summed E-state index contributed by atoms with van der Waals surface area (Å²) in [6.07, 6.45) is 0.679. The first-order valence-corrected chi connectivity index (χ1v) is 7.53. The van der Waals surface area contributed by atoms with Crippen molar-refractivity contribution in [3.8, 4) is 27.9 Å². The fraction of sp³-hybridized carbons (Fsp3) is 0.214. The average molecular weight is 338 g/mol. The number of hydrogen-bond acceptors (Lipinski definition) is 7. The van der Waals surface area contributed by atoms with Crippen LogP contribution in [0.3, 0.4) is 0 Å². The van der Waals surface area contributed by atoms with E-state index in [9.17, 15) is 8.78 Å². The highest BCUT2D eigenvalue weighted by atomic mass is 32.1. The molecule has 2 N–H and O–H groups in total. The summed E-state index contributed by atoms with van der Waals surface area (Å²) >= 11 is 1.26. The molecule has 0 aliphatic heterocycles. The van der Waals surface area contributed by atoms with Crippen LogP contribution in [0, 0.1) is 0 Å². The van der Waals surface area contributed by atoms with Gasteiger partial charge in [0.05, 0.1) is 5.69 Å². The maximum absolute atomic E-state index is 12.3. The van der Waals surface area contributed by atoms with Gasteiger partial charge in [-0.1, -0.05) is 35.5 Å². The number of nitrogens with zero attached hydrogens (tertiary/aromatic N) is 3. The molecule has 0 fully saturated rings. The van der Waals surface area contributed by atoms with E-state index in [1.54, 1.807) is 12.1 Å². The average Bonchev–Trinajstić information content (AvgIpc) is 3.13. The SMILES string of the molecule is CCc1nc(N)sc1-c1nc(-c2cccc(OC(F)F)c2)no1. The number of nitrogen functional groups attached to an aromatic ring is 1. The third-order valence-corrected chi connectivity index (χ3v) is 3.90. The minimum absolute atomic E-state index is 0.0279. The van der Waals surface area contributed by atoms with Crippen molar-refractivity contribution in [2.24, 2.45) is 0 Å². The maximum atomic E-state index is 12.3. The molecule has 0 saturated heterocycles. The van der Waals surface area contributed by atoms with Crippen LogP contribution in [0.5, 0.6) is 5.75 Å². The zero-order valence-corrected chi connectivity index (χ0v) is 12.8. The Kier molecular flexibility index (Phi) is 4.20. The molecule has 3 aromatic rings. The van der Waals surface area contributed by atoms with Crippen LogP contribution in [0.2, 0.25) is 0 Å². The van der Waals surface area contributed by atoms with Gasteiger partial charge in [-0.15, -0.1) is 0 Å². The number of nitrogens with two attached hydrogens (primary N) is 1. The van der Waals surface area contributed by atoms with Crippen molar-refractivity contribution < 1.29 is 18.0 Å². The van der Waals surface area contributed by atoms with Gasteiger partial charge in [-0.2, -0.15) is 13.8 Å². The summed E-state index contributed by atoms with van der Waals surface area (Å²) in [5, 5.41) is 4.30. The number of thiazole rings is 1. The highest BCUT2D eigenvalue weighted by Gasteiger charge is 2.18. The normalized spacial score (nSPS) is 11.1. The van der Waals surface area contributed by atoms with Gasteiger partial charge in [-0.05, 0) is 18.6 Å². The molecule has 1 aromatic carbocycles. The van der Waals surface area contributed by atoms with Gasteiger partial charge < -0.3 is 15.0 Å². The second-order valence-electron chi connectivity index (χ2n) is 4.51. The Balaban J connectivity index is 1.93. The van der Waals surface area contributed by atoms with E-state index in [4.69, 9.17) is 10.3 Å². The van der Waals surface area contributed by atoms with Crippen LogP contribution in [0.25, 0.3) is 22.2 Å². The van der Waals surface area contributed by atoms with Gasteiger partial charge in [-0.3, -0.25) is 0 Å². The van der Waals surface area contributed by atoms with Crippen LogP contribution < -0.4 is 10.5 Å². The predicted octanol–water partition coefficient (Wildman–Crippen LogP) is 3.61. The van der Waals surface area contributed by atoms with Crippen LogP contribution in [0.15, 0.2) is 28.8 Å². The molecular weight excluding hydrogens is 326 g/mol. The van der Waals surface area contributed by atoms with Gasteiger partial charge in [-0.25, -0.2) is 4.98 Å². The Morgan fingerprint density at radius 2 is 2.17 bits per heavy atom. The molecule has 0 atom stereocenters. The fourth-order valence-electron chi connectivity index (χ4n) is 2.02. The maximum Gasteiger partial charge on any atom is 0.387 e. The van der Waals surface area contributed by atoms with Crippen molar-refractivity contribution in [1.29, 1.82) is 0 Å². The number of anilines is 1. The van der Waals surface area contributed by atoms with Gasteiger partial charge >= 0.3 is 6.61 Å². The molecule has 0 spiro atoms. The van der Waals surface area contributed by atoms with Gasteiger partial charge in [0.1, 0.15) is 10.6 Å². The Labute approximate surface area is 133 Å². The standard InChI is InChI=1S/C14H12F2N4O2S/c1-2-9-10(23-14(17)18-9)12-19-11(20-22-12)7-4-3-5-8(6-7)21-13(15)16/h3-6,13H,2H2,1H3,(H2,17,18). The molecule has 0 unspecified atom stereocenters. The van der Waals surface area contributed by atoms with E-state index in [2.05, 4.69) is 19.9 Å². The summed E-state index contributed by atoms with van der Waals surface area (Å²) in [6.45, 7) is -0.946. The summed E-state index contributed by atoms with van der Waals surface area (Å²) in [6, 6.07) is 6.10. The van der Waals surface area contributed by atoms with Gasteiger partial charge in [0.15, 0.2) is 5.13 Å². The lowest BCUT2D eigenvalue weighted by molar-refractivity contribution is -0.0498. The van der Waals surface area contributed by atoms with Gasteiger partial charge in [0.2, 0.25) is 5.82 Å². The summed E-state index contributed by atoms with van der Waals surface area (Å²) in [7, 11) is 0. The van der Waals surface area contributed by atoms with Crippen LogP contribution in [-0.4, -0.2) is 21.7 Å². The minimum Gasteiger partial charge on any atom is -0.435 e. The lowest BCUT2D eigenvalue weighted by Gasteiger charge is -2.04. The summed E-state index contributed by atoms with van der Waals surface area (Å²) in [5.41, 5.74) is 6.99. The monoisotopic (exact) mass is 338 g/mol. The molecule has 0 radical (unpaired) electrons. The van der Waals surface area contributed by atoms with Crippen molar-refractivity contribution in [3.63, 3.8) is 0 Å². The van der Waals surface area contributed by atoms with Crippen molar-refractivity contribution in [2.75, 3.05) is 5.73 Å². The Hall–Kier alpha value is -2.55. The molecule has 2 aromatic heterocycles. The van der Waals surface area contributed by atoms with E-state index in [1.807, 2.05) is 6.92 Å². The second-order valence-corrected chi connectivity index (χ2v) is 5.54. The molecule has 0 aliphatic carbocycles. The summed E-state index contributed by atoms with van der Waals surface area (Å²) in [4.78, 5) is 9.20. The van der Waals surface area contributed by atoms with Crippen LogP contribution in [-0.2, 0) is 6.42 Å². The quantitative estimate of drug-likeness (QED) is 0.765. The van der Waals surface area contributed by atoms with E-state index >= 15 is 0 Å². The third-order valence-electron chi connectivity index (χ3n) is 2.99. The molecule has 23 heavy (non-hydrogen) atoms. The van der Waals surface area contributed by atoms with Crippen molar-refractivity contribution in [3.05, 3.63) is 30.0 Å². The van der Waals surface area contributed by atoms with Gasteiger partial charge in [0.25, 0.3) is 5.89 Å². The molecule has 120 valence electrons. The smallest absolute Gasteiger partial charge is 0.387 e. The van der Waals surface area contributed by atoms with E-state index in [-0.39, 0.29) is 11.6 Å². The number of alkyl halides is 2. The molecule has 0 bridgehead atoms. The van der Waals surface area contributed by atoms with E-state index in [0.717, 1.165) is 5.69 Å². The van der Waals surface area contributed by atoms with E-state index in [0.29, 0.717) is 27.9 Å². The highest BCUT2D eigenvalue weighted by molar-refractivity contribution is 7.18. The molecule has 3 rings (SSSR count). The highest BCUT2D eigenvalue weighted by Crippen LogP contribution is 2.32. The fourth-order valence-corrected chi connectivity index (χ4v) is 2.86. The first kappa shape index (κ1) is 15.3. The van der Waals surface area contributed by atoms with Crippen LogP contribution >= 0.6 is 11.3 Å². The van der Waals surface area contributed by atoms with Crippen molar-refractivity contribution >= 4 is 16.5 Å². The molecule has 0 aliphatic rings. The Morgan fingerprint density at radius 3 is 2.91 bits per heavy atom. The number of benzene rings is 1. The van der Waals surface area contributed by atoms with Crippen LogP contribution in [0.1, 0.15) is 12.6 Å². The molecule has 6 nitrogen and oxygen atoms in total. The lowest BCUT2D eigenvalue weighted by Crippen LogP contribution is -2.01. The minimum atomic E-state index is -2.89. The molecule has 2 heterocycles. The number of aryl methyl sites for hydroxylation is 1. The number of aromatic nitrogens is 3. The zero-order chi connectivity index (χ0) is 16.4. The van der Waals surface area contributed by atoms with Gasteiger partial charge in [0, 0.05) is 5.56 Å². The molecule has 0 saturated carbocycles. The number of hydrogen-bond donors (Lipinski definition) is 1. The number of halogens is 2. The molecule has 0 amide bonds. The van der Waals surface area contributed by atoms with E-state index in [1.165, 1.54) is 23.5 Å².